The summed E-state index contributed by atoms with van der Waals surface area (Å²) in [5.41, 5.74) is 0. The number of rotatable bonds is 2. The summed E-state index contributed by atoms with van der Waals surface area (Å²) in [6.45, 7) is 4.20. The van der Waals surface area contributed by atoms with Crippen molar-refractivity contribution in [2.75, 3.05) is 26.2 Å². The van der Waals surface area contributed by atoms with E-state index in [1.165, 1.54) is 19.4 Å². The van der Waals surface area contributed by atoms with Crippen molar-refractivity contribution < 1.29 is 0 Å². The summed E-state index contributed by atoms with van der Waals surface area (Å²) >= 11 is 0. The van der Waals surface area contributed by atoms with Crippen LogP contribution in [0.5, 0.6) is 0 Å². The molecule has 0 spiro atoms. The Kier molecular flexibility index (Phi) is 3.02. The number of hydrogen-bond acceptors (Lipinski definition) is 4. The number of nitrogens with one attached hydrogen (secondary N) is 3. The molecule has 0 saturated carbocycles. The van der Waals surface area contributed by atoms with Crippen molar-refractivity contribution in [3.8, 4) is 0 Å². The van der Waals surface area contributed by atoms with Crippen LogP contribution in [0.4, 0.5) is 0 Å². The summed E-state index contributed by atoms with van der Waals surface area (Å²) in [6.07, 6.45) is 3.76. The summed E-state index contributed by atoms with van der Waals surface area (Å²) in [5, 5.41) is 10.0. The fraction of sp³-hybridized carbons (Fsp3) is 0.889. The third-order valence-corrected chi connectivity index (χ3v) is 2.58. The topological polar surface area (TPSA) is 48.5 Å². The van der Waals surface area contributed by atoms with Crippen LogP contribution in [0.25, 0.3) is 0 Å². The van der Waals surface area contributed by atoms with E-state index in [-0.39, 0.29) is 0 Å². The Morgan fingerprint density at radius 1 is 1.38 bits per heavy atom. The van der Waals surface area contributed by atoms with E-state index in [0.717, 1.165) is 32.0 Å². The number of guanidine groups is 1. The highest BCUT2D eigenvalue weighted by Crippen LogP contribution is 2.02. The molecular formula is C9H18N4. The van der Waals surface area contributed by atoms with Crippen molar-refractivity contribution in [1.29, 1.82) is 0 Å². The van der Waals surface area contributed by atoms with Crippen LogP contribution in [0.2, 0.25) is 0 Å². The average molecular weight is 182 g/mol. The van der Waals surface area contributed by atoms with Crippen molar-refractivity contribution >= 4 is 5.96 Å². The number of hydrogen-bond donors (Lipinski definition) is 3. The molecule has 0 amide bonds. The van der Waals surface area contributed by atoms with Gasteiger partial charge >= 0.3 is 0 Å². The second kappa shape index (κ2) is 4.46. The molecule has 74 valence electrons. The van der Waals surface area contributed by atoms with Gasteiger partial charge in [-0.1, -0.05) is 0 Å². The predicted molar refractivity (Wildman–Crippen MR) is 53.9 cm³/mol. The van der Waals surface area contributed by atoms with Gasteiger partial charge in [0.25, 0.3) is 0 Å². The lowest BCUT2D eigenvalue weighted by Crippen LogP contribution is -2.45. The highest BCUT2D eigenvalue weighted by molar-refractivity contribution is 5.80. The van der Waals surface area contributed by atoms with Crippen molar-refractivity contribution in [1.82, 2.24) is 16.0 Å². The van der Waals surface area contributed by atoms with Gasteiger partial charge in [0.1, 0.15) is 0 Å². The van der Waals surface area contributed by atoms with E-state index in [0.29, 0.717) is 6.04 Å². The largest absolute Gasteiger partial charge is 0.356 e. The van der Waals surface area contributed by atoms with Crippen molar-refractivity contribution in [3.05, 3.63) is 0 Å². The summed E-state index contributed by atoms with van der Waals surface area (Å²) in [6, 6.07) is 0.645. The predicted octanol–water partition coefficient (Wildman–Crippen LogP) is -0.323. The summed E-state index contributed by atoms with van der Waals surface area (Å²) < 4.78 is 0. The third-order valence-electron chi connectivity index (χ3n) is 2.58. The van der Waals surface area contributed by atoms with Crippen molar-refractivity contribution in [2.45, 2.75) is 25.3 Å². The van der Waals surface area contributed by atoms with Crippen LogP contribution in [-0.2, 0) is 0 Å². The molecule has 0 aromatic rings. The van der Waals surface area contributed by atoms with Crippen LogP contribution in [0, 0.1) is 0 Å². The number of nitrogens with zero attached hydrogens (tertiary/aromatic N) is 1. The smallest absolute Gasteiger partial charge is 0.191 e. The molecule has 0 aromatic heterocycles. The van der Waals surface area contributed by atoms with Crippen LogP contribution in [-0.4, -0.2) is 38.2 Å². The second-order valence-corrected chi connectivity index (χ2v) is 3.68. The van der Waals surface area contributed by atoms with Crippen LogP contribution >= 0.6 is 0 Å². The molecule has 0 bridgehead atoms. The Hall–Kier alpha value is -0.770. The second-order valence-electron chi connectivity index (χ2n) is 3.68. The van der Waals surface area contributed by atoms with Gasteiger partial charge in [0, 0.05) is 25.7 Å². The van der Waals surface area contributed by atoms with Crippen LogP contribution < -0.4 is 16.0 Å². The molecule has 13 heavy (non-hydrogen) atoms. The minimum absolute atomic E-state index is 0.645. The Bertz CT molecular complexity index is 184. The Balaban J connectivity index is 1.68. The SMILES string of the molecule is C1CN=C(NCC2CCCN2)NC1. The van der Waals surface area contributed by atoms with Gasteiger partial charge in [-0.05, 0) is 25.8 Å². The van der Waals surface area contributed by atoms with E-state index in [9.17, 15) is 0 Å². The van der Waals surface area contributed by atoms with Gasteiger partial charge in [0.15, 0.2) is 5.96 Å². The Labute approximate surface area is 79.2 Å². The Morgan fingerprint density at radius 3 is 3.08 bits per heavy atom. The van der Waals surface area contributed by atoms with E-state index >= 15 is 0 Å². The van der Waals surface area contributed by atoms with E-state index in [4.69, 9.17) is 0 Å². The molecule has 1 atom stereocenters. The fourth-order valence-corrected chi connectivity index (χ4v) is 1.80. The quantitative estimate of drug-likeness (QED) is 0.548. The average Bonchev–Trinajstić information content (AvgIpc) is 2.69. The van der Waals surface area contributed by atoms with Gasteiger partial charge in [-0.25, -0.2) is 0 Å². The van der Waals surface area contributed by atoms with E-state index < -0.39 is 0 Å². The first-order valence-electron chi connectivity index (χ1n) is 5.21. The van der Waals surface area contributed by atoms with E-state index in [2.05, 4.69) is 20.9 Å². The molecule has 0 aliphatic carbocycles. The summed E-state index contributed by atoms with van der Waals surface area (Å²) in [4.78, 5) is 4.36. The van der Waals surface area contributed by atoms with Gasteiger partial charge in [-0.15, -0.1) is 0 Å². The lowest BCUT2D eigenvalue weighted by atomic mass is 10.2. The molecule has 0 aromatic carbocycles. The maximum Gasteiger partial charge on any atom is 0.191 e. The van der Waals surface area contributed by atoms with Crippen molar-refractivity contribution in [2.24, 2.45) is 4.99 Å². The molecule has 0 radical (unpaired) electrons. The maximum absolute atomic E-state index is 4.36. The van der Waals surface area contributed by atoms with Gasteiger partial charge in [-0.2, -0.15) is 0 Å². The molecule has 3 N–H and O–H groups in total. The zero-order valence-electron chi connectivity index (χ0n) is 7.97. The molecule has 2 heterocycles. The molecular weight excluding hydrogens is 164 g/mol. The van der Waals surface area contributed by atoms with Gasteiger partial charge < -0.3 is 16.0 Å². The highest BCUT2D eigenvalue weighted by atomic mass is 15.2. The van der Waals surface area contributed by atoms with Gasteiger partial charge in [-0.3, -0.25) is 4.99 Å². The molecule has 2 aliphatic heterocycles. The standard InChI is InChI=1S/C9H18N4/c1-3-8(10-4-1)7-13-9-11-5-2-6-12-9/h8,10H,1-7H2,(H2,11,12,13). The molecule has 1 saturated heterocycles. The first kappa shape index (κ1) is 8.81. The third kappa shape index (κ3) is 2.59. The van der Waals surface area contributed by atoms with E-state index in [1.54, 1.807) is 0 Å². The molecule has 1 unspecified atom stereocenters. The highest BCUT2D eigenvalue weighted by Gasteiger charge is 2.14. The lowest BCUT2D eigenvalue weighted by molar-refractivity contribution is 0.577. The molecule has 2 rings (SSSR count). The monoisotopic (exact) mass is 182 g/mol. The van der Waals surface area contributed by atoms with Crippen molar-refractivity contribution in [3.63, 3.8) is 0 Å². The summed E-state index contributed by atoms with van der Waals surface area (Å²) in [7, 11) is 0. The van der Waals surface area contributed by atoms with Crippen LogP contribution in [0.15, 0.2) is 4.99 Å². The Morgan fingerprint density at radius 2 is 2.38 bits per heavy atom. The minimum Gasteiger partial charge on any atom is -0.356 e. The van der Waals surface area contributed by atoms with Gasteiger partial charge in [0.2, 0.25) is 0 Å². The summed E-state index contributed by atoms with van der Waals surface area (Å²) in [5.74, 6) is 0.986. The fourth-order valence-electron chi connectivity index (χ4n) is 1.80. The first-order valence-corrected chi connectivity index (χ1v) is 5.21. The molecule has 1 fully saturated rings. The zero-order chi connectivity index (χ0) is 8.93. The molecule has 4 heteroatoms. The van der Waals surface area contributed by atoms with Gasteiger partial charge in [0.05, 0.1) is 0 Å². The normalized spacial score (nSPS) is 28.0. The molecule has 2 aliphatic rings. The minimum atomic E-state index is 0.645. The van der Waals surface area contributed by atoms with Crippen LogP contribution in [0.1, 0.15) is 19.3 Å². The van der Waals surface area contributed by atoms with Crippen LogP contribution in [0.3, 0.4) is 0 Å². The lowest BCUT2D eigenvalue weighted by Gasteiger charge is -2.18. The zero-order valence-corrected chi connectivity index (χ0v) is 7.97. The molecule has 4 nitrogen and oxygen atoms in total. The number of aliphatic imine (C=N–C) groups is 1. The first-order chi connectivity index (χ1) is 6.45. The van der Waals surface area contributed by atoms with E-state index in [1.807, 2.05) is 0 Å². The maximum atomic E-state index is 4.36.